The van der Waals surface area contributed by atoms with E-state index in [1.165, 1.54) is 5.56 Å². The van der Waals surface area contributed by atoms with E-state index in [1.807, 2.05) is 36.9 Å². The number of rotatable bonds is 6. The van der Waals surface area contributed by atoms with Crippen LogP contribution in [0.5, 0.6) is 0 Å². The fourth-order valence-corrected chi connectivity index (χ4v) is 3.14. The van der Waals surface area contributed by atoms with Crippen molar-refractivity contribution in [2.45, 2.75) is 27.2 Å². The zero-order valence-corrected chi connectivity index (χ0v) is 16.5. The molecule has 5 nitrogen and oxygen atoms in total. The molecule has 142 valence electrons. The highest BCUT2D eigenvalue weighted by atomic mass is 16.5. The van der Waals surface area contributed by atoms with Crippen LogP contribution in [0.4, 0.5) is 5.82 Å². The summed E-state index contributed by atoms with van der Waals surface area (Å²) in [6, 6.07) is 4.13. The van der Waals surface area contributed by atoms with Gasteiger partial charge in [0.05, 0.1) is 30.8 Å². The number of aryl methyl sites for hydroxylation is 1. The third kappa shape index (κ3) is 4.37. The van der Waals surface area contributed by atoms with Gasteiger partial charge in [-0.15, -0.1) is 0 Å². The Hall–Kier alpha value is -2.66. The van der Waals surface area contributed by atoms with Crippen LogP contribution in [0.2, 0.25) is 0 Å². The number of pyridine rings is 1. The number of hydrogen-bond donors (Lipinski definition) is 0. The van der Waals surface area contributed by atoms with Crippen molar-refractivity contribution in [3.05, 3.63) is 66.2 Å². The fraction of sp³-hybridized carbons (Fsp3) is 0.364. The van der Waals surface area contributed by atoms with Gasteiger partial charge in [0.15, 0.2) is 0 Å². The summed E-state index contributed by atoms with van der Waals surface area (Å²) >= 11 is 0. The molecule has 27 heavy (non-hydrogen) atoms. The average molecular weight is 364 g/mol. The van der Waals surface area contributed by atoms with Crippen LogP contribution < -0.4 is 4.90 Å². The molecule has 0 N–H and O–H groups in total. The molecule has 0 aliphatic carbocycles. The molecule has 2 aromatic heterocycles. The van der Waals surface area contributed by atoms with Crippen LogP contribution in [0, 0.1) is 0 Å². The van der Waals surface area contributed by atoms with Crippen LogP contribution in [-0.2, 0) is 11.2 Å². The maximum absolute atomic E-state index is 5.41. The minimum Gasteiger partial charge on any atom is -0.378 e. The summed E-state index contributed by atoms with van der Waals surface area (Å²) in [4.78, 5) is 6.89. The SMILES string of the molecule is C=C(C)/C(=C\C=C/C)c1nn(-c2ccc(N3CCOCC3)nc2)cc1CC. The highest BCUT2D eigenvalue weighted by Gasteiger charge is 2.15. The van der Waals surface area contributed by atoms with E-state index in [0.29, 0.717) is 0 Å². The topological polar surface area (TPSA) is 43.2 Å². The lowest BCUT2D eigenvalue weighted by atomic mass is 10.0. The molecule has 2 aromatic rings. The second kappa shape index (κ2) is 8.82. The largest absolute Gasteiger partial charge is 0.378 e. The zero-order chi connectivity index (χ0) is 19.2. The highest BCUT2D eigenvalue weighted by molar-refractivity contribution is 5.78. The first-order chi connectivity index (χ1) is 13.1. The standard InChI is InChI=1S/C22H28N4O/c1-5-7-8-20(17(3)4)22-18(6-2)16-26(24-22)19-9-10-21(23-15-19)25-11-13-27-14-12-25/h5,7-10,15-16H,3,6,11-14H2,1-2,4H3/b7-5-,20-8+. The normalized spacial score (nSPS) is 15.5. The van der Waals surface area contributed by atoms with Crippen molar-refractivity contribution < 1.29 is 4.74 Å². The van der Waals surface area contributed by atoms with Crippen LogP contribution in [0.1, 0.15) is 32.0 Å². The lowest BCUT2D eigenvalue weighted by Crippen LogP contribution is -2.36. The van der Waals surface area contributed by atoms with Crippen molar-refractivity contribution in [1.82, 2.24) is 14.8 Å². The van der Waals surface area contributed by atoms with E-state index in [4.69, 9.17) is 9.84 Å². The number of ether oxygens (including phenoxy) is 1. The molecule has 0 spiro atoms. The van der Waals surface area contributed by atoms with Crippen LogP contribution in [0.25, 0.3) is 11.3 Å². The summed E-state index contributed by atoms with van der Waals surface area (Å²) in [5.74, 6) is 0.987. The Bertz CT molecular complexity index is 840. The second-order valence-corrected chi connectivity index (χ2v) is 6.66. The molecule has 1 fully saturated rings. The van der Waals surface area contributed by atoms with E-state index in [1.54, 1.807) is 0 Å². The van der Waals surface area contributed by atoms with Crippen molar-refractivity contribution in [2.24, 2.45) is 0 Å². The number of nitrogens with zero attached hydrogens (tertiary/aromatic N) is 4. The van der Waals surface area contributed by atoms with Crippen molar-refractivity contribution in [2.75, 3.05) is 31.2 Å². The molecule has 3 rings (SSSR count). The molecule has 0 atom stereocenters. The quantitative estimate of drug-likeness (QED) is 0.721. The van der Waals surface area contributed by atoms with Gasteiger partial charge in [-0.2, -0.15) is 5.10 Å². The Morgan fingerprint density at radius 2 is 2.07 bits per heavy atom. The second-order valence-electron chi connectivity index (χ2n) is 6.66. The minimum absolute atomic E-state index is 0.758. The van der Waals surface area contributed by atoms with Gasteiger partial charge in [-0.05, 0) is 43.5 Å². The highest BCUT2D eigenvalue weighted by Crippen LogP contribution is 2.26. The lowest BCUT2D eigenvalue weighted by molar-refractivity contribution is 0.122. The van der Waals surface area contributed by atoms with E-state index in [-0.39, 0.29) is 0 Å². The van der Waals surface area contributed by atoms with E-state index in [0.717, 1.165) is 61.1 Å². The zero-order valence-electron chi connectivity index (χ0n) is 16.5. The molecule has 0 aromatic carbocycles. The van der Waals surface area contributed by atoms with Gasteiger partial charge in [0.25, 0.3) is 0 Å². The lowest BCUT2D eigenvalue weighted by Gasteiger charge is -2.27. The molecule has 0 radical (unpaired) electrons. The molecule has 0 saturated carbocycles. The number of aromatic nitrogens is 3. The van der Waals surface area contributed by atoms with Crippen molar-refractivity contribution in [3.8, 4) is 5.69 Å². The summed E-state index contributed by atoms with van der Waals surface area (Å²) in [7, 11) is 0. The van der Waals surface area contributed by atoms with Gasteiger partial charge < -0.3 is 9.64 Å². The third-order valence-electron chi connectivity index (χ3n) is 4.67. The molecule has 1 saturated heterocycles. The molecule has 0 bridgehead atoms. The van der Waals surface area contributed by atoms with E-state index in [2.05, 4.69) is 47.8 Å². The van der Waals surface area contributed by atoms with Crippen LogP contribution >= 0.6 is 0 Å². The van der Waals surface area contributed by atoms with Gasteiger partial charge in [-0.25, -0.2) is 9.67 Å². The Labute approximate surface area is 161 Å². The Balaban J connectivity index is 1.91. The Morgan fingerprint density at radius 1 is 1.30 bits per heavy atom. The van der Waals surface area contributed by atoms with Gasteiger partial charge in [0.2, 0.25) is 0 Å². The van der Waals surface area contributed by atoms with Crippen LogP contribution in [0.15, 0.2) is 54.9 Å². The maximum atomic E-state index is 5.41. The summed E-state index contributed by atoms with van der Waals surface area (Å²) in [6.07, 6.45) is 11.0. The monoisotopic (exact) mass is 364 g/mol. The first kappa shape index (κ1) is 19.1. The van der Waals surface area contributed by atoms with E-state index in [9.17, 15) is 0 Å². The summed E-state index contributed by atoms with van der Waals surface area (Å²) < 4.78 is 7.32. The molecule has 3 heterocycles. The summed E-state index contributed by atoms with van der Waals surface area (Å²) in [6.45, 7) is 13.6. The van der Waals surface area contributed by atoms with E-state index >= 15 is 0 Å². The summed E-state index contributed by atoms with van der Waals surface area (Å²) in [5, 5.41) is 4.85. The smallest absolute Gasteiger partial charge is 0.128 e. The number of morpholine rings is 1. The predicted octanol–water partition coefficient (Wildman–Crippen LogP) is 4.20. The van der Waals surface area contributed by atoms with Gasteiger partial charge in [-0.3, -0.25) is 0 Å². The summed E-state index contributed by atoms with van der Waals surface area (Å²) in [5.41, 5.74) is 5.22. The van der Waals surface area contributed by atoms with Gasteiger partial charge in [0.1, 0.15) is 5.82 Å². The number of anilines is 1. The van der Waals surface area contributed by atoms with Crippen molar-refractivity contribution in [3.63, 3.8) is 0 Å². The predicted molar refractivity (Wildman–Crippen MR) is 111 cm³/mol. The van der Waals surface area contributed by atoms with E-state index < -0.39 is 0 Å². The van der Waals surface area contributed by atoms with Gasteiger partial charge >= 0.3 is 0 Å². The Morgan fingerprint density at radius 3 is 2.67 bits per heavy atom. The first-order valence-corrected chi connectivity index (χ1v) is 9.51. The van der Waals surface area contributed by atoms with Crippen LogP contribution in [0.3, 0.4) is 0 Å². The average Bonchev–Trinajstić information content (AvgIpc) is 3.13. The minimum atomic E-state index is 0.758. The molecular weight excluding hydrogens is 336 g/mol. The number of allylic oxidation sites excluding steroid dienone is 5. The van der Waals surface area contributed by atoms with Gasteiger partial charge in [0, 0.05) is 24.9 Å². The fourth-order valence-electron chi connectivity index (χ4n) is 3.14. The molecule has 0 unspecified atom stereocenters. The first-order valence-electron chi connectivity index (χ1n) is 9.51. The van der Waals surface area contributed by atoms with Crippen molar-refractivity contribution >= 4 is 11.4 Å². The number of hydrogen-bond acceptors (Lipinski definition) is 4. The Kier molecular flexibility index (Phi) is 6.24. The molecule has 5 heteroatoms. The molecule has 0 amide bonds. The van der Waals surface area contributed by atoms with Gasteiger partial charge in [-0.1, -0.05) is 31.7 Å². The molecular formula is C22H28N4O. The molecule has 1 aliphatic rings. The third-order valence-corrected chi connectivity index (χ3v) is 4.67. The maximum Gasteiger partial charge on any atom is 0.128 e. The van der Waals surface area contributed by atoms with Crippen molar-refractivity contribution in [1.29, 1.82) is 0 Å². The molecule has 1 aliphatic heterocycles. The van der Waals surface area contributed by atoms with Crippen LogP contribution in [-0.4, -0.2) is 41.1 Å².